The molecule has 27 heavy (non-hydrogen) atoms. The molecule has 0 aliphatic rings. The summed E-state index contributed by atoms with van der Waals surface area (Å²) in [6, 6.07) is 5.47. The molecule has 0 radical (unpaired) electrons. The number of nitrogens with one attached hydrogen (secondary N) is 2. The molecule has 0 fully saturated rings. The molecule has 8 heteroatoms. The smallest absolute Gasteiger partial charge is 0.356 e. The van der Waals surface area contributed by atoms with Gasteiger partial charge in [0, 0.05) is 43.0 Å². The molecule has 2 N–H and O–H groups in total. The molecule has 1 aromatic carbocycles. The topological polar surface area (TPSA) is 49.3 Å². The van der Waals surface area contributed by atoms with Crippen LogP contribution in [0, 0.1) is 6.92 Å². The van der Waals surface area contributed by atoms with Crippen LogP contribution in [0.2, 0.25) is 0 Å². The van der Waals surface area contributed by atoms with E-state index >= 15 is 0 Å². The largest absolute Gasteiger partial charge is 0.416 e. The first kappa shape index (κ1) is 21.2. The predicted molar refractivity (Wildman–Crippen MR) is 104 cm³/mol. The van der Waals surface area contributed by atoms with Crippen molar-refractivity contribution in [2.24, 2.45) is 4.99 Å². The third-order valence-corrected chi connectivity index (χ3v) is 5.17. The SMILES string of the molecule is CN=C(NCCc1ncc(C)s1)NCC(C)(C)c1cccc(C(F)(F)F)c1. The zero-order valence-electron chi connectivity index (χ0n) is 15.9. The molecule has 0 atom stereocenters. The number of benzene rings is 1. The Kier molecular flexibility index (Phi) is 6.86. The summed E-state index contributed by atoms with van der Waals surface area (Å²) in [5.41, 5.74) is -0.501. The number of alkyl halides is 3. The van der Waals surface area contributed by atoms with Crippen LogP contribution in [0.15, 0.2) is 35.5 Å². The highest BCUT2D eigenvalue weighted by molar-refractivity contribution is 7.11. The fourth-order valence-corrected chi connectivity index (χ4v) is 3.34. The van der Waals surface area contributed by atoms with Gasteiger partial charge in [0.25, 0.3) is 0 Å². The third kappa shape index (κ3) is 6.23. The molecule has 0 unspecified atom stereocenters. The molecule has 2 rings (SSSR count). The second-order valence-corrected chi connectivity index (χ2v) is 8.25. The number of thiazole rings is 1. The van der Waals surface area contributed by atoms with Gasteiger partial charge >= 0.3 is 6.18 Å². The van der Waals surface area contributed by atoms with E-state index in [2.05, 4.69) is 20.6 Å². The molecule has 2 aromatic rings. The summed E-state index contributed by atoms with van der Waals surface area (Å²) in [7, 11) is 1.67. The number of halogens is 3. The first-order chi connectivity index (χ1) is 12.6. The Morgan fingerprint density at radius 2 is 1.89 bits per heavy atom. The Hall–Kier alpha value is -2.09. The quantitative estimate of drug-likeness (QED) is 0.568. The van der Waals surface area contributed by atoms with E-state index in [0.29, 0.717) is 24.6 Å². The monoisotopic (exact) mass is 398 g/mol. The van der Waals surface area contributed by atoms with Gasteiger partial charge in [-0.2, -0.15) is 13.2 Å². The van der Waals surface area contributed by atoms with E-state index in [-0.39, 0.29) is 0 Å². The van der Waals surface area contributed by atoms with Gasteiger partial charge < -0.3 is 10.6 Å². The van der Waals surface area contributed by atoms with Gasteiger partial charge in [-0.15, -0.1) is 11.3 Å². The minimum Gasteiger partial charge on any atom is -0.356 e. The summed E-state index contributed by atoms with van der Waals surface area (Å²) in [6.07, 6.45) is -1.70. The van der Waals surface area contributed by atoms with Crippen molar-refractivity contribution in [1.82, 2.24) is 15.6 Å². The van der Waals surface area contributed by atoms with Crippen molar-refractivity contribution in [2.75, 3.05) is 20.1 Å². The standard InChI is InChI=1S/C19H25F3N4S/c1-13-11-25-16(27-13)8-9-24-17(23-4)26-12-18(2,3)14-6-5-7-15(10-14)19(20,21)22/h5-7,10-11H,8-9,12H2,1-4H3,(H2,23,24,26). The summed E-state index contributed by atoms with van der Waals surface area (Å²) < 4.78 is 38.9. The van der Waals surface area contributed by atoms with Crippen molar-refractivity contribution >= 4 is 17.3 Å². The number of rotatable bonds is 6. The number of nitrogens with zero attached hydrogens (tertiary/aromatic N) is 2. The minimum absolute atomic E-state index is 0.449. The molecule has 0 aliphatic heterocycles. The summed E-state index contributed by atoms with van der Waals surface area (Å²) in [6.45, 7) is 6.95. The Labute approximate surface area is 161 Å². The zero-order valence-corrected chi connectivity index (χ0v) is 16.8. The molecular formula is C19H25F3N4S. The van der Waals surface area contributed by atoms with E-state index in [0.717, 1.165) is 17.5 Å². The van der Waals surface area contributed by atoms with Crippen LogP contribution in [0.5, 0.6) is 0 Å². The number of aromatic nitrogens is 1. The maximum atomic E-state index is 13.0. The van der Waals surface area contributed by atoms with Crippen molar-refractivity contribution in [3.63, 3.8) is 0 Å². The third-order valence-electron chi connectivity index (χ3n) is 4.19. The summed E-state index contributed by atoms with van der Waals surface area (Å²) >= 11 is 1.66. The van der Waals surface area contributed by atoms with E-state index in [4.69, 9.17) is 0 Å². The Morgan fingerprint density at radius 1 is 1.19 bits per heavy atom. The molecule has 0 bridgehead atoms. The van der Waals surface area contributed by atoms with Crippen LogP contribution < -0.4 is 10.6 Å². The normalized spacial score (nSPS) is 12.9. The molecule has 0 aliphatic carbocycles. The number of hydrogen-bond donors (Lipinski definition) is 2. The lowest BCUT2D eigenvalue weighted by molar-refractivity contribution is -0.137. The van der Waals surface area contributed by atoms with E-state index in [1.54, 1.807) is 24.5 Å². The van der Waals surface area contributed by atoms with E-state index < -0.39 is 17.2 Å². The molecular weight excluding hydrogens is 373 g/mol. The van der Waals surface area contributed by atoms with E-state index in [1.807, 2.05) is 27.0 Å². The van der Waals surface area contributed by atoms with Crippen LogP contribution in [0.25, 0.3) is 0 Å². The number of aliphatic imine (C=N–C) groups is 1. The highest BCUT2D eigenvalue weighted by atomic mass is 32.1. The second-order valence-electron chi connectivity index (χ2n) is 6.93. The van der Waals surface area contributed by atoms with Crippen LogP contribution in [0.3, 0.4) is 0 Å². The summed E-state index contributed by atoms with van der Waals surface area (Å²) in [5.74, 6) is 0.614. The predicted octanol–water partition coefficient (Wildman–Crippen LogP) is 4.16. The number of aryl methyl sites for hydroxylation is 1. The van der Waals surface area contributed by atoms with Gasteiger partial charge in [-0.1, -0.05) is 32.0 Å². The number of guanidine groups is 1. The van der Waals surface area contributed by atoms with Crippen LogP contribution >= 0.6 is 11.3 Å². The van der Waals surface area contributed by atoms with Crippen molar-refractivity contribution in [3.8, 4) is 0 Å². The summed E-state index contributed by atoms with van der Waals surface area (Å²) in [4.78, 5) is 9.67. The van der Waals surface area contributed by atoms with E-state index in [1.165, 1.54) is 17.0 Å². The molecule has 0 amide bonds. The molecule has 4 nitrogen and oxygen atoms in total. The zero-order chi connectivity index (χ0) is 20.1. The average molecular weight is 398 g/mol. The fourth-order valence-electron chi connectivity index (χ4n) is 2.55. The highest BCUT2D eigenvalue weighted by Gasteiger charge is 2.32. The van der Waals surface area contributed by atoms with Crippen molar-refractivity contribution < 1.29 is 13.2 Å². The molecule has 0 saturated heterocycles. The average Bonchev–Trinajstić information content (AvgIpc) is 3.02. The van der Waals surface area contributed by atoms with Gasteiger partial charge in [0.1, 0.15) is 0 Å². The van der Waals surface area contributed by atoms with Crippen LogP contribution in [0.1, 0.15) is 34.9 Å². The molecule has 0 saturated carbocycles. The molecule has 1 heterocycles. The number of hydrogen-bond acceptors (Lipinski definition) is 3. The molecule has 0 spiro atoms. The van der Waals surface area contributed by atoms with Crippen molar-refractivity contribution in [1.29, 1.82) is 0 Å². The van der Waals surface area contributed by atoms with Gasteiger partial charge in [0.2, 0.25) is 0 Å². The van der Waals surface area contributed by atoms with Gasteiger partial charge in [0.05, 0.1) is 10.6 Å². The lowest BCUT2D eigenvalue weighted by Gasteiger charge is -2.27. The second kappa shape index (κ2) is 8.73. The van der Waals surface area contributed by atoms with Gasteiger partial charge in [-0.25, -0.2) is 4.98 Å². The van der Waals surface area contributed by atoms with Gasteiger partial charge in [-0.3, -0.25) is 4.99 Å². The first-order valence-corrected chi connectivity index (χ1v) is 9.47. The van der Waals surface area contributed by atoms with Crippen molar-refractivity contribution in [2.45, 2.75) is 38.8 Å². The minimum atomic E-state index is -4.34. The molecule has 1 aromatic heterocycles. The van der Waals surface area contributed by atoms with Crippen molar-refractivity contribution in [3.05, 3.63) is 51.5 Å². The Bertz CT molecular complexity index is 781. The van der Waals surface area contributed by atoms with Crippen LogP contribution in [-0.4, -0.2) is 31.1 Å². The molecule has 148 valence electrons. The first-order valence-electron chi connectivity index (χ1n) is 8.65. The van der Waals surface area contributed by atoms with Gasteiger partial charge in [0.15, 0.2) is 5.96 Å². The Morgan fingerprint density at radius 3 is 2.48 bits per heavy atom. The lowest BCUT2D eigenvalue weighted by atomic mass is 9.84. The Balaban J connectivity index is 1.92. The van der Waals surface area contributed by atoms with E-state index in [9.17, 15) is 13.2 Å². The fraction of sp³-hybridized carbons (Fsp3) is 0.474. The van der Waals surface area contributed by atoms with Crippen LogP contribution in [0.4, 0.5) is 13.2 Å². The summed E-state index contributed by atoms with van der Waals surface area (Å²) in [5, 5.41) is 7.47. The highest BCUT2D eigenvalue weighted by Crippen LogP contribution is 2.32. The van der Waals surface area contributed by atoms with Crippen LogP contribution in [-0.2, 0) is 18.0 Å². The van der Waals surface area contributed by atoms with Gasteiger partial charge in [-0.05, 0) is 18.6 Å². The maximum Gasteiger partial charge on any atom is 0.416 e. The lowest BCUT2D eigenvalue weighted by Crippen LogP contribution is -2.44. The maximum absolute atomic E-state index is 13.0.